The van der Waals surface area contributed by atoms with Crippen LogP contribution in [0.3, 0.4) is 0 Å². The molecule has 1 aromatic rings. The molecule has 0 aliphatic carbocycles. The number of rotatable bonds is 3. The van der Waals surface area contributed by atoms with E-state index in [1.165, 1.54) is 0 Å². The van der Waals surface area contributed by atoms with Gasteiger partial charge in [-0.2, -0.15) is 5.10 Å². The van der Waals surface area contributed by atoms with Gasteiger partial charge in [0.15, 0.2) is 0 Å². The predicted octanol–water partition coefficient (Wildman–Crippen LogP) is 0.222. The first-order valence-electron chi connectivity index (χ1n) is 5.71. The Bertz CT molecular complexity index is 488. The van der Waals surface area contributed by atoms with E-state index in [9.17, 15) is 8.42 Å². The molecule has 0 atom stereocenters. The van der Waals surface area contributed by atoms with Crippen LogP contribution in [0.25, 0.3) is 0 Å². The van der Waals surface area contributed by atoms with Crippen LogP contribution in [-0.4, -0.2) is 36.5 Å². The smallest absolute Gasteiger partial charge is 0.235 e. The topological polar surface area (TPSA) is 76.0 Å². The minimum atomic E-state index is -3.29. The molecule has 0 radical (unpaired) electrons. The second-order valence-corrected chi connectivity index (χ2v) is 6.36. The zero-order chi connectivity index (χ0) is 12.5. The van der Waals surface area contributed by atoms with Crippen molar-refractivity contribution < 1.29 is 8.42 Å². The van der Waals surface area contributed by atoms with E-state index in [0.29, 0.717) is 24.2 Å². The third kappa shape index (κ3) is 2.78. The summed E-state index contributed by atoms with van der Waals surface area (Å²) >= 11 is 0. The van der Waals surface area contributed by atoms with E-state index < -0.39 is 10.0 Å². The van der Waals surface area contributed by atoms with Crippen molar-refractivity contribution in [2.75, 3.05) is 17.8 Å². The molecule has 96 valence electrons. The van der Waals surface area contributed by atoms with Crippen molar-refractivity contribution in [3.05, 3.63) is 11.9 Å². The van der Waals surface area contributed by atoms with Crippen LogP contribution in [0.4, 0.5) is 5.69 Å². The lowest BCUT2D eigenvalue weighted by Crippen LogP contribution is -2.38. The Morgan fingerprint density at radius 2 is 2.12 bits per heavy atom. The fourth-order valence-electron chi connectivity index (χ4n) is 2.04. The summed E-state index contributed by atoms with van der Waals surface area (Å²) in [5, 5.41) is 6.97. The molecular formula is C10H18N4O2S. The van der Waals surface area contributed by atoms with Crippen molar-refractivity contribution in [3.8, 4) is 0 Å². The Morgan fingerprint density at radius 1 is 1.47 bits per heavy atom. The van der Waals surface area contributed by atoms with E-state index in [0.717, 1.165) is 13.1 Å². The minimum absolute atomic E-state index is 0.302. The lowest BCUT2D eigenvalue weighted by molar-refractivity contribution is 0.499. The highest BCUT2D eigenvalue weighted by molar-refractivity contribution is 7.93. The van der Waals surface area contributed by atoms with Crippen LogP contribution >= 0.6 is 0 Å². The van der Waals surface area contributed by atoms with Gasteiger partial charge in [-0.25, -0.2) is 8.42 Å². The molecule has 2 rings (SSSR count). The molecule has 7 heteroatoms. The number of piperidine rings is 1. The van der Waals surface area contributed by atoms with E-state index in [-0.39, 0.29) is 5.25 Å². The predicted molar refractivity (Wildman–Crippen MR) is 66.4 cm³/mol. The summed E-state index contributed by atoms with van der Waals surface area (Å²) in [7, 11) is -1.52. The summed E-state index contributed by atoms with van der Waals surface area (Å²) in [6.45, 7) is 3.31. The SMILES string of the molecule is Cc1nn(C)cc1NS(=O)(=O)C1CCNCC1. The van der Waals surface area contributed by atoms with E-state index in [1.54, 1.807) is 24.9 Å². The van der Waals surface area contributed by atoms with Gasteiger partial charge < -0.3 is 5.32 Å². The number of aromatic nitrogens is 2. The number of sulfonamides is 1. The number of hydrogen-bond acceptors (Lipinski definition) is 4. The maximum atomic E-state index is 12.1. The third-order valence-electron chi connectivity index (χ3n) is 2.99. The normalized spacial score (nSPS) is 18.2. The summed E-state index contributed by atoms with van der Waals surface area (Å²) < 4.78 is 28.5. The van der Waals surface area contributed by atoms with Crippen molar-refractivity contribution in [1.82, 2.24) is 15.1 Å². The van der Waals surface area contributed by atoms with Crippen molar-refractivity contribution in [3.63, 3.8) is 0 Å². The van der Waals surface area contributed by atoms with Gasteiger partial charge in [-0.1, -0.05) is 0 Å². The van der Waals surface area contributed by atoms with Crippen LogP contribution < -0.4 is 10.0 Å². The number of nitrogens with one attached hydrogen (secondary N) is 2. The molecular weight excluding hydrogens is 240 g/mol. The molecule has 1 aliphatic rings. The lowest BCUT2D eigenvalue weighted by Gasteiger charge is -2.22. The van der Waals surface area contributed by atoms with Gasteiger partial charge in [-0.3, -0.25) is 9.40 Å². The summed E-state index contributed by atoms with van der Waals surface area (Å²) in [5.41, 5.74) is 1.27. The largest absolute Gasteiger partial charge is 0.317 e. The van der Waals surface area contributed by atoms with E-state index in [2.05, 4.69) is 15.1 Å². The van der Waals surface area contributed by atoms with E-state index >= 15 is 0 Å². The number of nitrogens with zero attached hydrogens (tertiary/aromatic N) is 2. The van der Waals surface area contributed by atoms with Crippen LogP contribution in [-0.2, 0) is 17.1 Å². The summed E-state index contributed by atoms with van der Waals surface area (Å²) in [4.78, 5) is 0. The second-order valence-electron chi connectivity index (χ2n) is 4.40. The fourth-order valence-corrected chi connectivity index (χ4v) is 3.57. The maximum Gasteiger partial charge on any atom is 0.235 e. The van der Waals surface area contributed by atoms with Crippen molar-refractivity contribution in [2.45, 2.75) is 25.0 Å². The first-order chi connectivity index (χ1) is 7.99. The molecule has 0 spiro atoms. The molecule has 6 nitrogen and oxygen atoms in total. The Kier molecular flexibility index (Phi) is 3.39. The van der Waals surface area contributed by atoms with Crippen LogP contribution in [0.1, 0.15) is 18.5 Å². The molecule has 2 N–H and O–H groups in total. The number of hydrogen-bond donors (Lipinski definition) is 2. The Labute approximate surface area is 101 Å². The summed E-state index contributed by atoms with van der Waals surface area (Å²) in [5.74, 6) is 0. The van der Waals surface area contributed by atoms with Crippen molar-refractivity contribution in [2.24, 2.45) is 7.05 Å². The van der Waals surface area contributed by atoms with Crippen LogP contribution in [0.15, 0.2) is 6.20 Å². The van der Waals surface area contributed by atoms with Crippen molar-refractivity contribution >= 4 is 15.7 Å². The highest BCUT2D eigenvalue weighted by Gasteiger charge is 2.27. The highest BCUT2D eigenvalue weighted by Crippen LogP contribution is 2.19. The van der Waals surface area contributed by atoms with Crippen LogP contribution in [0.2, 0.25) is 0 Å². The summed E-state index contributed by atoms with van der Waals surface area (Å²) in [6.07, 6.45) is 3.01. The molecule has 0 amide bonds. The number of aryl methyl sites for hydroxylation is 2. The van der Waals surface area contributed by atoms with Gasteiger partial charge in [-0.15, -0.1) is 0 Å². The Balaban J connectivity index is 2.13. The van der Waals surface area contributed by atoms with Gasteiger partial charge in [-0.05, 0) is 32.9 Å². The first kappa shape index (κ1) is 12.4. The molecule has 17 heavy (non-hydrogen) atoms. The summed E-state index contributed by atoms with van der Waals surface area (Å²) in [6, 6.07) is 0. The molecule has 0 aromatic carbocycles. The van der Waals surface area contributed by atoms with Crippen molar-refractivity contribution in [1.29, 1.82) is 0 Å². The Morgan fingerprint density at radius 3 is 2.65 bits per heavy atom. The van der Waals surface area contributed by atoms with Gasteiger partial charge in [0.2, 0.25) is 10.0 Å². The zero-order valence-corrected chi connectivity index (χ0v) is 10.9. The zero-order valence-electron chi connectivity index (χ0n) is 10.1. The highest BCUT2D eigenvalue weighted by atomic mass is 32.2. The van der Waals surface area contributed by atoms with Gasteiger partial charge in [0, 0.05) is 13.2 Å². The fraction of sp³-hybridized carbons (Fsp3) is 0.700. The minimum Gasteiger partial charge on any atom is -0.317 e. The Hall–Kier alpha value is -1.08. The molecule has 2 heterocycles. The molecule has 0 saturated carbocycles. The van der Waals surface area contributed by atoms with E-state index in [1.807, 2.05) is 0 Å². The molecule has 0 bridgehead atoms. The average Bonchev–Trinajstić information content (AvgIpc) is 2.58. The second kappa shape index (κ2) is 4.66. The maximum absolute atomic E-state index is 12.1. The first-order valence-corrected chi connectivity index (χ1v) is 7.26. The standard InChI is InChI=1S/C10H18N4O2S/c1-8-10(7-14(2)12-8)13-17(15,16)9-3-5-11-6-4-9/h7,9,11,13H,3-6H2,1-2H3. The lowest BCUT2D eigenvalue weighted by atomic mass is 10.2. The van der Waals surface area contributed by atoms with Crippen LogP contribution in [0, 0.1) is 6.92 Å². The molecule has 1 aromatic heterocycles. The monoisotopic (exact) mass is 258 g/mol. The molecule has 1 aliphatic heterocycles. The molecule has 1 saturated heterocycles. The van der Waals surface area contributed by atoms with Crippen LogP contribution in [0.5, 0.6) is 0 Å². The van der Waals surface area contributed by atoms with Gasteiger partial charge in [0.1, 0.15) is 0 Å². The van der Waals surface area contributed by atoms with Gasteiger partial charge in [0.05, 0.1) is 16.6 Å². The van der Waals surface area contributed by atoms with E-state index in [4.69, 9.17) is 0 Å². The molecule has 1 fully saturated rings. The average molecular weight is 258 g/mol. The third-order valence-corrected chi connectivity index (χ3v) is 4.84. The molecule has 0 unspecified atom stereocenters. The van der Waals surface area contributed by atoms with Gasteiger partial charge in [0.25, 0.3) is 0 Å². The quantitative estimate of drug-likeness (QED) is 0.813. The van der Waals surface area contributed by atoms with Gasteiger partial charge >= 0.3 is 0 Å². The number of anilines is 1.